The molecule has 0 aromatic carbocycles. The second-order valence-corrected chi connectivity index (χ2v) is 23.3. The largest absolute Gasteiger partial charge is 0.466 e. The van der Waals surface area contributed by atoms with Crippen LogP contribution in [-0.4, -0.2) is 36.5 Å². The van der Waals surface area contributed by atoms with E-state index in [4.69, 9.17) is 4.74 Å². The molecule has 0 aliphatic heterocycles. The summed E-state index contributed by atoms with van der Waals surface area (Å²) >= 11 is 0. The zero-order valence-corrected chi connectivity index (χ0v) is 50.1. The number of allylic oxidation sites excluding steroid dienone is 2. The van der Waals surface area contributed by atoms with Gasteiger partial charge in [-0.25, -0.2) is 0 Å². The summed E-state index contributed by atoms with van der Waals surface area (Å²) in [6.45, 7) is 11.3. The van der Waals surface area contributed by atoms with E-state index in [1.54, 1.807) is 0 Å². The number of hydrogen-bond donors (Lipinski definition) is 0. The van der Waals surface area contributed by atoms with Crippen LogP contribution in [0.4, 0.5) is 0 Å². The Morgan fingerprint density at radius 1 is 0.319 bits per heavy atom. The quantitative estimate of drug-likeness (QED) is 0.0346. The van der Waals surface area contributed by atoms with Crippen LogP contribution in [0.2, 0.25) is 0 Å². The second kappa shape index (κ2) is 62.2. The van der Waals surface area contributed by atoms with Crippen LogP contribution < -0.4 is 0 Å². The third-order valence-corrected chi connectivity index (χ3v) is 16.0. The zero-order chi connectivity index (χ0) is 52.2. The lowest BCUT2D eigenvalue weighted by Crippen LogP contribution is -2.38. The van der Waals surface area contributed by atoms with Crippen molar-refractivity contribution in [2.24, 2.45) is 5.92 Å². The average Bonchev–Trinajstić information content (AvgIpc) is 3.38. The number of rotatable bonds is 62. The molecule has 1 unspecified atom stereocenters. The molecule has 0 spiro atoms. The number of amides is 1. The highest BCUT2D eigenvalue weighted by molar-refractivity contribution is 5.83. The van der Waals surface area contributed by atoms with Crippen molar-refractivity contribution in [3.05, 3.63) is 12.2 Å². The van der Waals surface area contributed by atoms with Gasteiger partial charge in [0.1, 0.15) is 0 Å². The van der Waals surface area contributed by atoms with Crippen molar-refractivity contribution >= 4 is 11.9 Å². The molecule has 72 heavy (non-hydrogen) atoms. The fourth-order valence-corrected chi connectivity index (χ4v) is 10.9. The van der Waals surface area contributed by atoms with Gasteiger partial charge in [-0.15, -0.1) is 0 Å². The highest BCUT2D eigenvalue weighted by Crippen LogP contribution is 2.22. The highest BCUT2D eigenvalue weighted by Gasteiger charge is 2.27. The van der Waals surface area contributed by atoms with Gasteiger partial charge in [-0.2, -0.15) is 0 Å². The molecular formula is C68H133NO3. The van der Waals surface area contributed by atoms with Crippen LogP contribution in [0.5, 0.6) is 0 Å². The first-order valence-electron chi connectivity index (χ1n) is 33.7. The highest BCUT2D eigenvalue weighted by atomic mass is 16.5. The summed E-state index contributed by atoms with van der Waals surface area (Å²) < 4.78 is 5.75. The molecule has 0 aromatic heterocycles. The SMILES string of the molecule is CCCCCCCCC/C=C/CCCCCCCCCCCCCCCCCCCCCCCCCCCCCC(CC(=O)OCCCCCCCC)C(=O)N(CCCCCCCC)CCCCCCCC. The Labute approximate surface area is 454 Å². The third kappa shape index (κ3) is 54.9. The van der Waals surface area contributed by atoms with E-state index in [0.29, 0.717) is 6.61 Å². The van der Waals surface area contributed by atoms with Crippen molar-refractivity contribution in [1.82, 2.24) is 4.90 Å². The Morgan fingerprint density at radius 3 is 0.875 bits per heavy atom. The van der Waals surface area contributed by atoms with Gasteiger partial charge >= 0.3 is 5.97 Å². The number of hydrogen-bond acceptors (Lipinski definition) is 3. The molecule has 1 atom stereocenters. The first kappa shape index (κ1) is 70.7. The van der Waals surface area contributed by atoms with Gasteiger partial charge in [0, 0.05) is 19.0 Å². The lowest BCUT2D eigenvalue weighted by Gasteiger charge is -2.27. The maximum Gasteiger partial charge on any atom is 0.306 e. The third-order valence-electron chi connectivity index (χ3n) is 16.0. The molecule has 0 rings (SSSR count). The molecule has 0 heterocycles. The van der Waals surface area contributed by atoms with Gasteiger partial charge in [0.15, 0.2) is 0 Å². The molecule has 0 fully saturated rings. The van der Waals surface area contributed by atoms with E-state index < -0.39 is 0 Å². The maximum atomic E-state index is 14.2. The summed E-state index contributed by atoms with van der Waals surface area (Å²) in [6, 6.07) is 0. The van der Waals surface area contributed by atoms with E-state index in [2.05, 4.69) is 44.7 Å². The first-order valence-corrected chi connectivity index (χ1v) is 33.7. The van der Waals surface area contributed by atoms with Crippen LogP contribution in [0.25, 0.3) is 0 Å². The Bertz CT molecular complexity index is 1060. The van der Waals surface area contributed by atoms with Crippen molar-refractivity contribution in [3.8, 4) is 0 Å². The molecule has 4 heteroatoms. The van der Waals surface area contributed by atoms with E-state index in [-0.39, 0.29) is 24.2 Å². The monoisotopic (exact) mass is 1010 g/mol. The summed E-state index contributed by atoms with van der Waals surface area (Å²) in [6.07, 6.45) is 78.3. The van der Waals surface area contributed by atoms with Gasteiger partial charge in [-0.1, -0.05) is 342 Å². The van der Waals surface area contributed by atoms with Gasteiger partial charge in [0.2, 0.25) is 5.91 Å². The van der Waals surface area contributed by atoms with Crippen LogP contribution in [0.1, 0.15) is 387 Å². The lowest BCUT2D eigenvalue weighted by atomic mass is 9.95. The molecule has 1 amide bonds. The summed E-state index contributed by atoms with van der Waals surface area (Å²) in [5, 5.41) is 0. The van der Waals surface area contributed by atoms with Crippen molar-refractivity contribution < 1.29 is 14.3 Å². The van der Waals surface area contributed by atoms with Gasteiger partial charge in [-0.05, 0) is 51.4 Å². The molecular weight excluding hydrogens is 879 g/mol. The van der Waals surface area contributed by atoms with Crippen molar-refractivity contribution in [2.75, 3.05) is 19.7 Å². The number of unbranched alkanes of at least 4 members (excludes halogenated alkanes) is 49. The molecule has 0 N–H and O–H groups in total. The summed E-state index contributed by atoms with van der Waals surface area (Å²) in [7, 11) is 0. The van der Waals surface area contributed by atoms with Crippen molar-refractivity contribution in [1.29, 1.82) is 0 Å². The number of carbonyl (C=O) groups is 2. The standard InChI is InChI=1S/C68H133NO3/c1-5-9-13-17-21-22-23-24-25-26-27-28-29-30-31-32-33-34-35-36-37-38-39-40-41-42-43-44-45-46-47-48-49-50-51-52-53-57-61-66(65-67(70)72-64-60-56-20-16-12-8-4)68(71)69(62-58-54-18-14-10-6-2)63-59-55-19-15-11-7-3/h25-26,66H,5-24,27-65H2,1-4H3/b26-25+. The summed E-state index contributed by atoms with van der Waals surface area (Å²) in [4.78, 5) is 29.5. The van der Waals surface area contributed by atoms with Crippen molar-refractivity contribution in [3.63, 3.8) is 0 Å². The molecule has 0 radical (unpaired) electrons. The molecule has 0 aromatic rings. The Balaban J connectivity index is 4.03. The van der Waals surface area contributed by atoms with Gasteiger partial charge in [0.05, 0.1) is 13.0 Å². The van der Waals surface area contributed by atoms with E-state index in [9.17, 15) is 9.59 Å². The summed E-state index contributed by atoms with van der Waals surface area (Å²) in [5.41, 5.74) is 0. The van der Waals surface area contributed by atoms with E-state index in [1.807, 2.05) is 0 Å². The van der Waals surface area contributed by atoms with Gasteiger partial charge < -0.3 is 9.64 Å². The van der Waals surface area contributed by atoms with E-state index in [0.717, 1.165) is 51.6 Å². The minimum Gasteiger partial charge on any atom is -0.466 e. The maximum absolute atomic E-state index is 14.2. The molecule has 0 bridgehead atoms. The fourth-order valence-electron chi connectivity index (χ4n) is 10.9. The van der Waals surface area contributed by atoms with Crippen LogP contribution in [0, 0.1) is 5.92 Å². The molecule has 0 aliphatic carbocycles. The predicted molar refractivity (Wildman–Crippen MR) is 321 cm³/mol. The normalized spacial score (nSPS) is 12.1. The Morgan fingerprint density at radius 2 is 0.569 bits per heavy atom. The molecule has 0 saturated heterocycles. The second-order valence-electron chi connectivity index (χ2n) is 23.3. The lowest BCUT2D eigenvalue weighted by molar-refractivity contribution is -0.149. The smallest absolute Gasteiger partial charge is 0.306 e. The van der Waals surface area contributed by atoms with Gasteiger partial charge in [-0.3, -0.25) is 9.59 Å². The number of carbonyl (C=O) groups excluding carboxylic acids is 2. The predicted octanol–water partition coefficient (Wildman–Crippen LogP) is 23.5. The minimum absolute atomic E-state index is 0.156. The summed E-state index contributed by atoms with van der Waals surface area (Å²) in [5.74, 6) is -0.153. The molecule has 0 aliphatic rings. The number of nitrogens with zero attached hydrogens (tertiary/aromatic N) is 1. The van der Waals surface area contributed by atoms with Crippen molar-refractivity contribution in [2.45, 2.75) is 387 Å². The first-order chi connectivity index (χ1) is 35.6. The Kier molecular flexibility index (Phi) is 61.1. The van der Waals surface area contributed by atoms with Crippen LogP contribution >= 0.6 is 0 Å². The number of ether oxygens (including phenoxy) is 1. The minimum atomic E-state index is -0.228. The molecule has 0 saturated carbocycles. The van der Waals surface area contributed by atoms with E-state index >= 15 is 0 Å². The van der Waals surface area contributed by atoms with E-state index in [1.165, 1.54) is 315 Å². The average molecular weight is 1010 g/mol. The van der Waals surface area contributed by atoms with Crippen LogP contribution in [0.3, 0.4) is 0 Å². The fraction of sp³-hybridized carbons (Fsp3) is 0.941. The topological polar surface area (TPSA) is 46.6 Å². The molecule has 428 valence electrons. The van der Waals surface area contributed by atoms with Crippen LogP contribution in [-0.2, 0) is 14.3 Å². The zero-order valence-electron chi connectivity index (χ0n) is 50.1. The molecule has 4 nitrogen and oxygen atoms in total. The Hall–Kier alpha value is -1.32. The van der Waals surface area contributed by atoms with Crippen LogP contribution in [0.15, 0.2) is 12.2 Å². The number of esters is 1. The van der Waals surface area contributed by atoms with Gasteiger partial charge in [0.25, 0.3) is 0 Å².